The van der Waals surface area contributed by atoms with Crippen LogP contribution < -0.4 is 20.4 Å². The Morgan fingerprint density at radius 1 is 1.00 bits per heavy atom. The first-order valence-electron chi connectivity index (χ1n) is 3.10. The minimum atomic E-state index is 0.424. The third kappa shape index (κ3) is 10.1. The van der Waals surface area contributed by atoms with Gasteiger partial charge in [-0.05, 0) is 0 Å². The maximum atomic E-state index is 4.76. The van der Waals surface area contributed by atoms with E-state index in [2.05, 4.69) is 20.4 Å². The summed E-state index contributed by atoms with van der Waals surface area (Å²) in [7, 11) is 3.40. The van der Waals surface area contributed by atoms with Crippen LogP contribution >= 0.6 is 12.1 Å². The molecule has 0 aromatic rings. The van der Waals surface area contributed by atoms with E-state index >= 15 is 0 Å². The lowest BCUT2D eigenvalue weighted by Gasteiger charge is -2.04. The average Bonchev–Trinajstić information content (AvgIpc) is 2.03. The second-order valence-corrected chi connectivity index (χ2v) is 2.16. The van der Waals surface area contributed by atoms with E-state index < -0.39 is 0 Å². The van der Waals surface area contributed by atoms with Crippen molar-refractivity contribution in [3.63, 3.8) is 0 Å². The number of hydrogen-bond donors (Lipinski definition) is 4. The lowest BCUT2D eigenvalue weighted by molar-refractivity contribution is 0.0523. The van der Waals surface area contributed by atoms with E-state index in [-0.39, 0.29) is 0 Å². The van der Waals surface area contributed by atoms with Gasteiger partial charge in [-0.2, -0.15) is 0 Å². The van der Waals surface area contributed by atoms with E-state index in [4.69, 9.17) is 9.68 Å². The summed E-state index contributed by atoms with van der Waals surface area (Å²) in [6, 6.07) is 0. The largest absolute Gasteiger partial charge is 0.286 e. The van der Waals surface area contributed by atoms with Crippen molar-refractivity contribution in [3.8, 4) is 0 Å². The maximum absolute atomic E-state index is 4.76. The maximum Gasteiger partial charge on any atom is 0.128 e. The Kier molecular flexibility index (Phi) is 10.2. The van der Waals surface area contributed by atoms with Crippen molar-refractivity contribution in [2.24, 2.45) is 0 Å². The molecule has 0 unspecified atom stereocenters. The van der Waals surface area contributed by atoms with E-state index in [0.717, 1.165) is 0 Å². The van der Waals surface area contributed by atoms with Crippen molar-refractivity contribution < 1.29 is 9.68 Å². The molecule has 0 radical (unpaired) electrons. The van der Waals surface area contributed by atoms with Crippen LogP contribution in [0.4, 0.5) is 0 Å². The van der Waals surface area contributed by atoms with E-state index in [0.29, 0.717) is 13.5 Å². The first-order valence-corrected chi connectivity index (χ1v) is 3.92. The Hall–Kier alpha value is 0.110. The van der Waals surface area contributed by atoms with E-state index in [1.807, 2.05) is 0 Å². The lowest BCUT2D eigenvalue weighted by atomic mass is 11.4. The fourth-order valence-corrected chi connectivity index (χ4v) is 0.651. The van der Waals surface area contributed by atoms with Gasteiger partial charge in [0.1, 0.15) is 13.5 Å². The van der Waals surface area contributed by atoms with Crippen LogP contribution in [-0.2, 0) is 9.68 Å². The van der Waals surface area contributed by atoms with Gasteiger partial charge in [-0.1, -0.05) is 0 Å². The van der Waals surface area contributed by atoms with E-state index in [9.17, 15) is 0 Å². The van der Waals surface area contributed by atoms with Gasteiger partial charge >= 0.3 is 0 Å². The Morgan fingerprint density at radius 2 is 1.45 bits per heavy atom. The van der Waals surface area contributed by atoms with Gasteiger partial charge in [-0.25, -0.2) is 20.4 Å². The summed E-state index contributed by atoms with van der Waals surface area (Å²) >= 11 is 1.30. The SMILES string of the molecule is CNOCNSNCONC. The fraction of sp³-hybridized carbons (Fsp3) is 1.00. The van der Waals surface area contributed by atoms with E-state index in [1.54, 1.807) is 14.1 Å². The molecule has 0 heterocycles. The van der Waals surface area contributed by atoms with Crippen LogP contribution in [0.25, 0.3) is 0 Å². The first kappa shape index (κ1) is 11.1. The average molecular weight is 182 g/mol. The van der Waals surface area contributed by atoms with Crippen molar-refractivity contribution in [1.82, 2.24) is 20.4 Å². The summed E-state index contributed by atoms with van der Waals surface area (Å²) in [5.41, 5.74) is 5.05. The van der Waals surface area contributed by atoms with Crippen molar-refractivity contribution in [2.45, 2.75) is 0 Å². The molecule has 6 nitrogen and oxygen atoms in total. The monoisotopic (exact) mass is 182 g/mol. The molecule has 0 amide bonds. The second kappa shape index (κ2) is 10.1. The molecular formula is C4H14N4O2S. The van der Waals surface area contributed by atoms with Gasteiger partial charge in [0.25, 0.3) is 0 Å². The van der Waals surface area contributed by atoms with Gasteiger partial charge in [0, 0.05) is 26.2 Å². The Morgan fingerprint density at radius 3 is 1.82 bits per heavy atom. The quantitative estimate of drug-likeness (QED) is 0.165. The highest BCUT2D eigenvalue weighted by Crippen LogP contribution is 1.81. The minimum Gasteiger partial charge on any atom is -0.286 e. The lowest BCUT2D eigenvalue weighted by Crippen LogP contribution is -2.24. The minimum absolute atomic E-state index is 0.424. The standard InChI is InChI=1S/C4H14N4O2S/c1-5-9-3-7-11-8-4-10-6-2/h5-8H,3-4H2,1-2H3. The van der Waals surface area contributed by atoms with Crippen LogP contribution in [-0.4, -0.2) is 27.6 Å². The number of hydroxylamine groups is 2. The van der Waals surface area contributed by atoms with Crippen LogP contribution in [0.5, 0.6) is 0 Å². The molecular weight excluding hydrogens is 168 g/mol. The van der Waals surface area contributed by atoms with Gasteiger partial charge in [0.05, 0.1) is 0 Å². The molecule has 0 aliphatic rings. The number of nitrogens with one attached hydrogen (secondary N) is 4. The van der Waals surface area contributed by atoms with Crippen LogP contribution in [0.2, 0.25) is 0 Å². The van der Waals surface area contributed by atoms with Crippen molar-refractivity contribution in [1.29, 1.82) is 0 Å². The van der Waals surface area contributed by atoms with E-state index in [1.165, 1.54) is 12.1 Å². The molecule has 68 valence electrons. The molecule has 0 saturated carbocycles. The highest BCUT2D eigenvalue weighted by atomic mass is 32.2. The zero-order valence-electron chi connectivity index (χ0n) is 6.64. The summed E-state index contributed by atoms with van der Waals surface area (Å²) in [5, 5.41) is 0. The first-order chi connectivity index (χ1) is 5.41. The second-order valence-electron chi connectivity index (χ2n) is 1.38. The van der Waals surface area contributed by atoms with Gasteiger partial charge < -0.3 is 0 Å². The highest BCUT2D eigenvalue weighted by Gasteiger charge is 1.85. The molecule has 0 fully saturated rings. The Balaban J connectivity index is 2.69. The third-order valence-electron chi connectivity index (χ3n) is 0.695. The smallest absolute Gasteiger partial charge is 0.128 e. The summed E-state index contributed by atoms with van der Waals surface area (Å²) in [6.07, 6.45) is 0. The number of rotatable bonds is 8. The topological polar surface area (TPSA) is 66.6 Å². The van der Waals surface area contributed by atoms with Gasteiger partial charge in [0.2, 0.25) is 0 Å². The summed E-state index contributed by atoms with van der Waals surface area (Å²) in [6.45, 7) is 0.849. The third-order valence-corrected chi connectivity index (χ3v) is 1.22. The van der Waals surface area contributed by atoms with Gasteiger partial charge in [0.15, 0.2) is 0 Å². The predicted molar refractivity (Wildman–Crippen MR) is 43.9 cm³/mol. The van der Waals surface area contributed by atoms with Crippen LogP contribution in [0.3, 0.4) is 0 Å². The highest BCUT2D eigenvalue weighted by molar-refractivity contribution is 7.95. The number of hydrogen-bond acceptors (Lipinski definition) is 7. The fourth-order valence-electron chi connectivity index (χ4n) is 0.313. The van der Waals surface area contributed by atoms with Crippen LogP contribution in [0, 0.1) is 0 Å². The molecule has 0 aliphatic heterocycles. The molecule has 7 heteroatoms. The molecule has 0 aliphatic carbocycles. The summed E-state index contributed by atoms with van der Waals surface area (Å²) < 4.78 is 5.72. The van der Waals surface area contributed by atoms with Crippen molar-refractivity contribution in [3.05, 3.63) is 0 Å². The zero-order valence-corrected chi connectivity index (χ0v) is 7.46. The molecule has 0 atom stereocenters. The summed E-state index contributed by atoms with van der Waals surface area (Å²) in [5.74, 6) is 0. The molecule has 0 spiro atoms. The Bertz CT molecular complexity index is 69.1. The van der Waals surface area contributed by atoms with Gasteiger partial charge in [-0.3, -0.25) is 9.68 Å². The molecule has 0 aromatic carbocycles. The van der Waals surface area contributed by atoms with Crippen LogP contribution in [0.1, 0.15) is 0 Å². The molecule has 0 aromatic heterocycles. The molecule has 0 saturated heterocycles. The van der Waals surface area contributed by atoms with Crippen molar-refractivity contribution >= 4 is 12.1 Å². The molecule has 4 N–H and O–H groups in total. The zero-order chi connectivity index (χ0) is 8.36. The Labute approximate surface area is 70.6 Å². The van der Waals surface area contributed by atoms with Gasteiger partial charge in [-0.15, -0.1) is 0 Å². The summed E-state index contributed by atoms with van der Waals surface area (Å²) in [4.78, 5) is 9.52. The normalized spacial score (nSPS) is 10.4. The molecule has 11 heavy (non-hydrogen) atoms. The van der Waals surface area contributed by atoms with Crippen LogP contribution in [0.15, 0.2) is 0 Å². The molecule has 0 bridgehead atoms. The molecule has 0 rings (SSSR count). The predicted octanol–water partition coefficient (Wildman–Crippen LogP) is -1.05. The van der Waals surface area contributed by atoms with Crippen molar-refractivity contribution in [2.75, 3.05) is 27.6 Å².